The Morgan fingerprint density at radius 3 is 2.29 bits per heavy atom. The lowest BCUT2D eigenvalue weighted by molar-refractivity contribution is -0.376. The fourth-order valence-corrected chi connectivity index (χ4v) is 2.53. The molecule has 1 aliphatic rings. The van der Waals surface area contributed by atoms with Gasteiger partial charge in [-0.15, -0.1) is 0 Å². The van der Waals surface area contributed by atoms with E-state index in [-0.39, 0.29) is 24.1 Å². The molecule has 10 heteroatoms. The number of benzene rings is 1. The number of methoxy groups -OCH3 is 1. The minimum Gasteiger partial charge on any atom is -0.467 e. The van der Waals surface area contributed by atoms with Gasteiger partial charge in [0.15, 0.2) is 0 Å². The molecule has 1 aliphatic heterocycles. The number of nitrogens with one attached hydrogen (secondary N) is 1. The molecule has 0 bridgehead atoms. The Labute approximate surface area is 132 Å². The van der Waals surface area contributed by atoms with Gasteiger partial charge in [-0.25, -0.2) is 4.79 Å². The summed E-state index contributed by atoms with van der Waals surface area (Å²) in [6.07, 6.45) is -11.7. The third-order valence-corrected chi connectivity index (χ3v) is 3.86. The summed E-state index contributed by atoms with van der Waals surface area (Å²) in [4.78, 5) is 11.4. The number of hydrogen-bond acceptors (Lipinski definition) is 4. The van der Waals surface area contributed by atoms with Gasteiger partial charge in [-0.3, -0.25) is 0 Å². The lowest BCUT2D eigenvalue weighted by atomic mass is 9.88. The maximum Gasteiger partial charge on any atom is 0.430 e. The Bertz CT molecular complexity index is 626. The van der Waals surface area contributed by atoms with Gasteiger partial charge in [-0.2, -0.15) is 26.3 Å². The van der Waals surface area contributed by atoms with E-state index in [1.165, 1.54) is 0 Å². The van der Waals surface area contributed by atoms with Crippen molar-refractivity contribution in [2.45, 2.75) is 36.8 Å². The highest BCUT2D eigenvalue weighted by Gasteiger charge is 2.71. The normalized spacial score (nSPS) is 18.6. The zero-order chi connectivity index (χ0) is 18.3. The van der Waals surface area contributed by atoms with E-state index in [0.717, 1.165) is 13.2 Å². The highest BCUT2D eigenvalue weighted by molar-refractivity contribution is 5.80. The molecule has 2 rings (SSSR count). The maximum absolute atomic E-state index is 12.9. The minimum atomic E-state index is -5.93. The van der Waals surface area contributed by atoms with Crippen molar-refractivity contribution >= 4 is 11.7 Å². The fraction of sp³-hybridized carbons (Fsp3) is 0.500. The van der Waals surface area contributed by atoms with Gasteiger partial charge in [0.1, 0.15) is 6.04 Å². The van der Waals surface area contributed by atoms with Gasteiger partial charge in [-0.1, -0.05) is 12.1 Å². The van der Waals surface area contributed by atoms with Gasteiger partial charge in [0.25, 0.3) is 5.60 Å². The molecule has 0 aliphatic carbocycles. The topological polar surface area (TPSA) is 58.6 Å². The first-order valence-corrected chi connectivity index (χ1v) is 6.75. The van der Waals surface area contributed by atoms with Crippen molar-refractivity contribution in [2.75, 3.05) is 12.4 Å². The van der Waals surface area contributed by atoms with Crippen molar-refractivity contribution in [2.24, 2.45) is 0 Å². The summed E-state index contributed by atoms with van der Waals surface area (Å²) < 4.78 is 81.8. The van der Waals surface area contributed by atoms with Gasteiger partial charge >= 0.3 is 18.3 Å². The smallest absolute Gasteiger partial charge is 0.430 e. The van der Waals surface area contributed by atoms with E-state index < -0.39 is 35.5 Å². The van der Waals surface area contributed by atoms with Crippen LogP contribution in [0.25, 0.3) is 0 Å². The Morgan fingerprint density at radius 1 is 1.21 bits per heavy atom. The van der Waals surface area contributed by atoms with Gasteiger partial charge in [-0.05, 0) is 24.5 Å². The number of carbonyl (C=O) groups is 1. The van der Waals surface area contributed by atoms with Crippen LogP contribution in [-0.4, -0.2) is 36.6 Å². The van der Waals surface area contributed by atoms with Crippen LogP contribution in [0.15, 0.2) is 18.2 Å². The minimum absolute atomic E-state index is 0.0573. The predicted octanol–water partition coefficient (Wildman–Crippen LogP) is 2.90. The number of alkyl halides is 6. The highest BCUT2D eigenvalue weighted by atomic mass is 19.4. The zero-order valence-electron chi connectivity index (χ0n) is 12.3. The van der Waals surface area contributed by atoms with Crippen LogP contribution in [0.3, 0.4) is 0 Å². The molecular formula is C14H13F6NO3. The molecule has 1 atom stereocenters. The SMILES string of the molecule is COC(=O)C1CCc2cc(C(O)(C(F)(F)F)C(F)(F)F)ccc2N1. The van der Waals surface area contributed by atoms with Crippen LogP contribution in [0.1, 0.15) is 17.5 Å². The maximum atomic E-state index is 12.9. The second-order valence-corrected chi connectivity index (χ2v) is 5.34. The molecule has 1 aromatic carbocycles. The van der Waals surface area contributed by atoms with Crippen LogP contribution in [0, 0.1) is 0 Å². The Hall–Kier alpha value is -1.97. The highest BCUT2D eigenvalue weighted by Crippen LogP contribution is 2.50. The second-order valence-electron chi connectivity index (χ2n) is 5.34. The van der Waals surface area contributed by atoms with Crippen LogP contribution in [0.2, 0.25) is 0 Å². The number of fused-ring (bicyclic) bond motifs is 1. The number of aryl methyl sites for hydroxylation is 1. The van der Waals surface area contributed by atoms with E-state index >= 15 is 0 Å². The molecule has 1 heterocycles. The third-order valence-electron chi connectivity index (χ3n) is 3.86. The Balaban J connectivity index is 2.43. The molecule has 0 fully saturated rings. The number of aliphatic hydroxyl groups is 1. The molecule has 2 N–H and O–H groups in total. The zero-order valence-corrected chi connectivity index (χ0v) is 12.3. The van der Waals surface area contributed by atoms with Crippen molar-refractivity contribution in [3.8, 4) is 0 Å². The first-order chi connectivity index (χ1) is 10.9. The van der Waals surface area contributed by atoms with Crippen molar-refractivity contribution in [1.29, 1.82) is 0 Å². The number of esters is 1. The van der Waals surface area contributed by atoms with Crippen molar-refractivity contribution < 1.29 is 41.0 Å². The summed E-state index contributed by atoms with van der Waals surface area (Å²) >= 11 is 0. The second kappa shape index (κ2) is 5.83. The molecule has 0 aromatic heterocycles. The largest absolute Gasteiger partial charge is 0.467 e. The molecule has 24 heavy (non-hydrogen) atoms. The van der Waals surface area contributed by atoms with E-state index in [1.54, 1.807) is 0 Å². The van der Waals surface area contributed by atoms with Gasteiger partial charge in [0.05, 0.1) is 7.11 Å². The number of carbonyl (C=O) groups excluding carboxylic acids is 1. The van der Waals surface area contributed by atoms with Crippen LogP contribution < -0.4 is 5.32 Å². The standard InChI is InChI=1S/C14H13F6NO3/c1-24-11(22)10-4-2-7-6-8(3-5-9(7)21-10)12(23,13(15,16)17)14(18,19)20/h3,5-6,10,21,23H,2,4H2,1H3. The molecule has 0 spiro atoms. The van der Waals surface area contributed by atoms with Crippen molar-refractivity contribution in [1.82, 2.24) is 0 Å². The molecule has 4 nitrogen and oxygen atoms in total. The molecular weight excluding hydrogens is 344 g/mol. The fourth-order valence-electron chi connectivity index (χ4n) is 2.53. The average Bonchev–Trinajstić information content (AvgIpc) is 2.50. The number of halogens is 6. The number of rotatable bonds is 2. The molecule has 0 saturated heterocycles. The van der Waals surface area contributed by atoms with Gasteiger partial charge < -0.3 is 15.2 Å². The molecule has 1 aromatic rings. The van der Waals surface area contributed by atoms with E-state index in [1.807, 2.05) is 0 Å². The molecule has 0 saturated carbocycles. The number of ether oxygens (including phenoxy) is 1. The van der Waals surface area contributed by atoms with E-state index in [9.17, 15) is 36.2 Å². The van der Waals surface area contributed by atoms with Crippen LogP contribution in [0.4, 0.5) is 32.0 Å². The van der Waals surface area contributed by atoms with Crippen molar-refractivity contribution in [3.05, 3.63) is 29.3 Å². The lowest BCUT2D eigenvalue weighted by Gasteiger charge is -2.34. The van der Waals surface area contributed by atoms with E-state index in [2.05, 4.69) is 10.1 Å². The molecule has 134 valence electrons. The molecule has 0 radical (unpaired) electrons. The Morgan fingerprint density at radius 2 is 1.79 bits per heavy atom. The lowest BCUT2D eigenvalue weighted by Crippen LogP contribution is -2.54. The van der Waals surface area contributed by atoms with Crippen LogP contribution >= 0.6 is 0 Å². The quantitative estimate of drug-likeness (QED) is 0.631. The number of hydrogen-bond donors (Lipinski definition) is 2. The summed E-state index contributed by atoms with van der Waals surface area (Å²) in [6, 6.07) is 1.42. The van der Waals surface area contributed by atoms with Crippen LogP contribution in [-0.2, 0) is 21.6 Å². The van der Waals surface area contributed by atoms with Crippen LogP contribution in [0.5, 0.6) is 0 Å². The summed E-state index contributed by atoms with van der Waals surface area (Å²) in [5.74, 6) is -0.591. The summed E-state index contributed by atoms with van der Waals surface area (Å²) in [6.45, 7) is 0. The van der Waals surface area contributed by atoms with Crippen molar-refractivity contribution in [3.63, 3.8) is 0 Å². The third kappa shape index (κ3) is 2.90. The first-order valence-electron chi connectivity index (χ1n) is 6.75. The van der Waals surface area contributed by atoms with E-state index in [4.69, 9.17) is 0 Å². The molecule has 1 unspecified atom stereocenters. The predicted molar refractivity (Wildman–Crippen MR) is 70.2 cm³/mol. The Kier molecular flexibility index (Phi) is 4.47. The first kappa shape index (κ1) is 18.4. The monoisotopic (exact) mass is 357 g/mol. The number of anilines is 1. The molecule has 0 amide bonds. The average molecular weight is 357 g/mol. The summed E-state index contributed by atoms with van der Waals surface area (Å²) in [5, 5.41) is 12.1. The van der Waals surface area contributed by atoms with Gasteiger partial charge in [0, 0.05) is 11.3 Å². The summed E-state index contributed by atoms with van der Waals surface area (Å²) in [7, 11) is 1.16. The summed E-state index contributed by atoms with van der Waals surface area (Å²) in [5.41, 5.74) is -5.93. The van der Waals surface area contributed by atoms with E-state index in [0.29, 0.717) is 12.1 Å². The van der Waals surface area contributed by atoms with Gasteiger partial charge in [0.2, 0.25) is 0 Å².